The predicted molar refractivity (Wildman–Crippen MR) is 92.5 cm³/mol. The number of hydrogen-bond donors (Lipinski definition) is 1. The first-order valence-corrected chi connectivity index (χ1v) is 8.67. The minimum atomic E-state index is -0.108. The highest BCUT2D eigenvalue weighted by Gasteiger charge is 2.20. The summed E-state index contributed by atoms with van der Waals surface area (Å²) >= 11 is 0. The smallest absolute Gasteiger partial charge is 0.257 e. The van der Waals surface area contributed by atoms with Gasteiger partial charge < -0.3 is 5.32 Å². The topological polar surface area (TPSA) is 59.1 Å². The SMILES string of the molecule is O=C1CCCc2nc(NC(=O)c3cccc4c3CCCC4)ccc21. The normalized spacial score (nSPS) is 16.2. The summed E-state index contributed by atoms with van der Waals surface area (Å²) in [5.74, 6) is 0.573. The summed E-state index contributed by atoms with van der Waals surface area (Å²) in [6.07, 6.45) is 6.57. The van der Waals surface area contributed by atoms with Crippen molar-refractivity contribution in [3.8, 4) is 0 Å². The standard InChI is InChI=1S/C20H20N2O2/c23-18-10-4-9-17-16(18)11-12-19(21-17)22-20(24)15-8-3-6-13-5-1-2-7-14(13)15/h3,6,8,11-12H,1-2,4-5,7,9-10H2,(H,21,22,24). The van der Waals surface area contributed by atoms with Gasteiger partial charge in [0, 0.05) is 17.5 Å². The van der Waals surface area contributed by atoms with Gasteiger partial charge in [0.05, 0.1) is 5.69 Å². The molecule has 4 heteroatoms. The van der Waals surface area contributed by atoms with E-state index in [2.05, 4.69) is 16.4 Å². The van der Waals surface area contributed by atoms with E-state index in [1.54, 1.807) is 12.1 Å². The number of rotatable bonds is 2. The number of nitrogens with zero attached hydrogens (tertiary/aromatic N) is 1. The number of nitrogens with one attached hydrogen (secondary N) is 1. The first-order valence-electron chi connectivity index (χ1n) is 8.67. The van der Waals surface area contributed by atoms with E-state index in [0.717, 1.165) is 43.4 Å². The van der Waals surface area contributed by atoms with Crippen LogP contribution in [0, 0.1) is 0 Å². The first-order chi connectivity index (χ1) is 11.7. The Bertz CT molecular complexity index is 826. The van der Waals surface area contributed by atoms with Crippen LogP contribution in [0.2, 0.25) is 0 Å². The summed E-state index contributed by atoms with van der Waals surface area (Å²) in [7, 11) is 0. The second-order valence-electron chi connectivity index (χ2n) is 6.57. The fraction of sp³-hybridized carbons (Fsp3) is 0.350. The van der Waals surface area contributed by atoms with Gasteiger partial charge in [0.25, 0.3) is 5.91 Å². The summed E-state index contributed by atoms with van der Waals surface area (Å²) < 4.78 is 0. The molecule has 2 aliphatic rings. The minimum absolute atomic E-state index is 0.108. The molecule has 1 N–H and O–H groups in total. The van der Waals surface area contributed by atoms with Gasteiger partial charge in [0.2, 0.25) is 0 Å². The number of carbonyl (C=O) groups excluding carboxylic acids is 2. The van der Waals surface area contributed by atoms with Crippen LogP contribution in [0.25, 0.3) is 0 Å². The number of aromatic nitrogens is 1. The highest BCUT2D eigenvalue weighted by atomic mass is 16.1. The summed E-state index contributed by atoms with van der Waals surface area (Å²) in [5, 5.41) is 2.91. The fourth-order valence-electron chi connectivity index (χ4n) is 3.74. The lowest BCUT2D eigenvalue weighted by Crippen LogP contribution is -2.19. The van der Waals surface area contributed by atoms with Crippen molar-refractivity contribution in [1.82, 2.24) is 4.98 Å². The van der Waals surface area contributed by atoms with Crippen molar-refractivity contribution in [2.75, 3.05) is 5.32 Å². The Labute approximate surface area is 141 Å². The quantitative estimate of drug-likeness (QED) is 0.917. The number of amides is 1. The summed E-state index contributed by atoms with van der Waals surface area (Å²) in [4.78, 5) is 29.1. The Hall–Kier alpha value is -2.49. The Kier molecular flexibility index (Phi) is 3.89. The molecule has 0 bridgehead atoms. The molecule has 1 aromatic carbocycles. The van der Waals surface area contributed by atoms with Gasteiger partial charge in [-0.05, 0) is 67.9 Å². The van der Waals surface area contributed by atoms with Crippen LogP contribution in [-0.2, 0) is 19.3 Å². The first kappa shape index (κ1) is 15.1. The average molecular weight is 320 g/mol. The van der Waals surface area contributed by atoms with E-state index in [0.29, 0.717) is 17.8 Å². The Balaban J connectivity index is 1.60. The van der Waals surface area contributed by atoms with E-state index >= 15 is 0 Å². The number of hydrogen-bond acceptors (Lipinski definition) is 3. The molecule has 0 fully saturated rings. The second-order valence-corrected chi connectivity index (χ2v) is 6.57. The van der Waals surface area contributed by atoms with Crippen molar-refractivity contribution < 1.29 is 9.59 Å². The van der Waals surface area contributed by atoms with Crippen molar-refractivity contribution in [2.24, 2.45) is 0 Å². The number of aryl methyl sites for hydroxylation is 2. The molecule has 0 aliphatic heterocycles. The number of pyridine rings is 1. The largest absolute Gasteiger partial charge is 0.307 e. The van der Waals surface area contributed by atoms with E-state index in [1.165, 1.54) is 17.5 Å². The molecular weight excluding hydrogens is 300 g/mol. The van der Waals surface area contributed by atoms with Crippen molar-refractivity contribution in [1.29, 1.82) is 0 Å². The lowest BCUT2D eigenvalue weighted by atomic mass is 9.88. The van der Waals surface area contributed by atoms with Crippen LogP contribution in [0.4, 0.5) is 5.82 Å². The highest BCUT2D eigenvalue weighted by Crippen LogP contribution is 2.26. The molecule has 24 heavy (non-hydrogen) atoms. The lowest BCUT2D eigenvalue weighted by Gasteiger charge is -2.19. The van der Waals surface area contributed by atoms with Crippen LogP contribution in [0.15, 0.2) is 30.3 Å². The average Bonchev–Trinajstić information content (AvgIpc) is 2.61. The van der Waals surface area contributed by atoms with Gasteiger partial charge in [0.1, 0.15) is 5.82 Å². The summed E-state index contributed by atoms with van der Waals surface area (Å²) in [5.41, 5.74) is 4.73. The van der Waals surface area contributed by atoms with Crippen molar-refractivity contribution in [3.05, 3.63) is 58.3 Å². The molecule has 0 radical (unpaired) electrons. The third-order valence-corrected chi connectivity index (χ3v) is 4.97. The van der Waals surface area contributed by atoms with Gasteiger partial charge in [-0.1, -0.05) is 12.1 Å². The van der Waals surface area contributed by atoms with Crippen LogP contribution in [0.1, 0.15) is 63.2 Å². The number of anilines is 1. The molecule has 4 nitrogen and oxygen atoms in total. The van der Waals surface area contributed by atoms with Gasteiger partial charge in [0.15, 0.2) is 5.78 Å². The number of benzene rings is 1. The fourth-order valence-corrected chi connectivity index (χ4v) is 3.74. The van der Waals surface area contributed by atoms with Crippen LogP contribution in [0.3, 0.4) is 0 Å². The molecule has 0 saturated carbocycles. The summed E-state index contributed by atoms with van der Waals surface area (Å²) in [6.45, 7) is 0. The van der Waals surface area contributed by atoms with Crippen LogP contribution < -0.4 is 5.32 Å². The van der Waals surface area contributed by atoms with Crippen LogP contribution in [-0.4, -0.2) is 16.7 Å². The van der Waals surface area contributed by atoms with E-state index in [9.17, 15) is 9.59 Å². The maximum Gasteiger partial charge on any atom is 0.257 e. The zero-order valence-electron chi connectivity index (χ0n) is 13.6. The molecular formula is C20H20N2O2. The zero-order chi connectivity index (χ0) is 16.5. The molecule has 0 unspecified atom stereocenters. The van der Waals surface area contributed by atoms with Crippen molar-refractivity contribution >= 4 is 17.5 Å². The highest BCUT2D eigenvalue weighted by molar-refractivity contribution is 6.05. The molecule has 4 rings (SSSR count). The molecule has 1 amide bonds. The van der Waals surface area contributed by atoms with Gasteiger partial charge in [-0.3, -0.25) is 9.59 Å². The third kappa shape index (κ3) is 2.73. The Morgan fingerprint density at radius 1 is 0.958 bits per heavy atom. The molecule has 1 heterocycles. The second kappa shape index (κ2) is 6.19. The monoisotopic (exact) mass is 320 g/mol. The number of fused-ring (bicyclic) bond motifs is 2. The number of Topliss-reactive ketones (excluding diaryl/α,β-unsaturated/α-hetero) is 1. The van der Waals surface area contributed by atoms with Crippen molar-refractivity contribution in [2.45, 2.75) is 44.9 Å². The molecule has 0 saturated heterocycles. The van der Waals surface area contributed by atoms with Gasteiger partial charge >= 0.3 is 0 Å². The maximum atomic E-state index is 12.7. The maximum absolute atomic E-state index is 12.7. The molecule has 0 spiro atoms. The lowest BCUT2D eigenvalue weighted by molar-refractivity contribution is 0.0971. The zero-order valence-corrected chi connectivity index (χ0v) is 13.6. The van der Waals surface area contributed by atoms with Gasteiger partial charge in [-0.15, -0.1) is 0 Å². The van der Waals surface area contributed by atoms with Crippen LogP contribution >= 0.6 is 0 Å². The van der Waals surface area contributed by atoms with E-state index in [1.807, 2.05) is 12.1 Å². The number of ketones is 1. The summed E-state index contributed by atoms with van der Waals surface area (Å²) in [6, 6.07) is 9.49. The van der Waals surface area contributed by atoms with Gasteiger partial charge in [-0.25, -0.2) is 4.98 Å². The minimum Gasteiger partial charge on any atom is -0.307 e. The molecule has 122 valence electrons. The molecule has 2 aromatic rings. The van der Waals surface area contributed by atoms with Crippen molar-refractivity contribution in [3.63, 3.8) is 0 Å². The Morgan fingerprint density at radius 3 is 2.75 bits per heavy atom. The van der Waals surface area contributed by atoms with E-state index < -0.39 is 0 Å². The van der Waals surface area contributed by atoms with Gasteiger partial charge in [-0.2, -0.15) is 0 Å². The third-order valence-electron chi connectivity index (χ3n) is 4.97. The van der Waals surface area contributed by atoms with E-state index in [4.69, 9.17) is 0 Å². The Morgan fingerprint density at radius 2 is 1.83 bits per heavy atom. The molecule has 1 aromatic heterocycles. The molecule has 2 aliphatic carbocycles. The predicted octanol–water partition coefficient (Wildman–Crippen LogP) is 3.73. The van der Waals surface area contributed by atoms with E-state index in [-0.39, 0.29) is 11.7 Å². The molecule has 0 atom stereocenters. The van der Waals surface area contributed by atoms with Crippen LogP contribution in [0.5, 0.6) is 0 Å². The number of carbonyl (C=O) groups is 2.